The van der Waals surface area contributed by atoms with Crippen molar-refractivity contribution in [2.45, 2.75) is 32.1 Å². The van der Waals surface area contributed by atoms with Gasteiger partial charge in [-0.15, -0.1) is 0 Å². The quantitative estimate of drug-likeness (QED) is 0.777. The Balaban J connectivity index is 1.41. The second-order valence-corrected chi connectivity index (χ2v) is 7.67. The molecule has 29 heavy (non-hydrogen) atoms. The summed E-state index contributed by atoms with van der Waals surface area (Å²) in [6.07, 6.45) is 3.88. The van der Waals surface area contributed by atoms with E-state index in [-0.39, 0.29) is 23.7 Å². The highest BCUT2D eigenvalue weighted by molar-refractivity contribution is 5.94. The molecule has 2 aromatic carbocycles. The van der Waals surface area contributed by atoms with Crippen molar-refractivity contribution in [1.82, 2.24) is 5.32 Å². The molecule has 5 heteroatoms. The number of hydrogen-bond donors (Lipinski definition) is 1. The first-order valence-corrected chi connectivity index (χ1v) is 10.3. The number of carbonyl (C=O) groups is 2. The predicted molar refractivity (Wildman–Crippen MR) is 115 cm³/mol. The molecule has 0 atom stereocenters. The van der Waals surface area contributed by atoms with Crippen LogP contribution in [0.15, 0.2) is 54.6 Å². The van der Waals surface area contributed by atoms with Gasteiger partial charge in [0.25, 0.3) is 0 Å². The van der Waals surface area contributed by atoms with Crippen LogP contribution in [0.3, 0.4) is 0 Å². The van der Waals surface area contributed by atoms with Crippen molar-refractivity contribution in [3.05, 3.63) is 60.2 Å². The molecule has 0 unspecified atom stereocenters. The summed E-state index contributed by atoms with van der Waals surface area (Å²) in [5.41, 5.74) is 2.08. The lowest BCUT2D eigenvalue weighted by molar-refractivity contribution is -0.129. The lowest BCUT2D eigenvalue weighted by Gasteiger charge is -2.30. The number of rotatable bonds is 7. The molecular formula is C24H30N2O3. The normalized spacial score (nSPS) is 18.7. The van der Waals surface area contributed by atoms with E-state index in [1.807, 2.05) is 61.6 Å². The van der Waals surface area contributed by atoms with Crippen molar-refractivity contribution in [2.24, 2.45) is 11.8 Å². The van der Waals surface area contributed by atoms with Gasteiger partial charge in [-0.3, -0.25) is 9.59 Å². The maximum Gasteiger partial charge on any atom is 0.229 e. The summed E-state index contributed by atoms with van der Waals surface area (Å²) in [5.74, 6) is 1.11. The van der Waals surface area contributed by atoms with Crippen LogP contribution in [-0.2, 0) is 16.0 Å². The van der Waals surface area contributed by atoms with Crippen molar-refractivity contribution in [3.8, 4) is 5.75 Å². The Bertz CT molecular complexity index is 797. The van der Waals surface area contributed by atoms with Gasteiger partial charge in [0.05, 0.1) is 7.11 Å². The van der Waals surface area contributed by atoms with Crippen LogP contribution >= 0.6 is 0 Å². The van der Waals surface area contributed by atoms with Crippen LogP contribution in [0.2, 0.25) is 0 Å². The summed E-state index contributed by atoms with van der Waals surface area (Å²) in [5, 5.41) is 3.06. The molecular weight excluding hydrogens is 364 g/mol. The SMILES string of the molecule is COc1ccc(CCNC(=O)C2CCC(C(=O)N(C)c3ccccc3)CC2)cc1. The van der Waals surface area contributed by atoms with Gasteiger partial charge in [0.15, 0.2) is 0 Å². The molecule has 0 aliphatic heterocycles. The molecule has 0 saturated heterocycles. The molecule has 1 aliphatic rings. The Labute approximate surface area is 173 Å². The van der Waals surface area contributed by atoms with E-state index in [0.717, 1.165) is 43.5 Å². The van der Waals surface area contributed by atoms with E-state index in [0.29, 0.717) is 6.54 Å². The molecule has 154 valence electrons. The van der Waals surface area contributed by atoms with Crippen LogP contribution < -0.4 is 15.0 Å². The van der Waals surface area contributed by atoms with Crippen LogP contribution in [0.1, 0.15) is 31.2 Å². The molecule has 3 rings (SSSR count). The monoisotopic (exact) mass is 394 g/mol. The topological polar surface area (TPSA) is 58.6 Å². The molecule has 2 amide bonds. The molecule has 0 aromatic heterocycles. The van der Waals surface area contributed by atoms with Crippen molar-refractivity contribution in [2.75, 3.05) is 25.6 Å². The number of methoxy groups -OCH3 is 1. The van der Waals surface area contributed by atoms with Gasteiger partial charge < -0.3 is 15.0 Å². The highest BCUT2D eigenvalue weighted by atomic mass is 16.5. The highest BCUT2D eigenvalue weighted by Gasteiger charge is 2.31. The molecule has 1 N–H and O–H groups in total. The standard InChI is InChI=1S/C24H30N2O3/c1-26(21-6-4-3-5-7-21)24(28)20-12-10-19(11-13-20)23(27)25-17-16-18-8-14-22(29-2)15-9-18/h3-9,14-15,19-20H,10-13,16-17H2,1-2H3,(H,25,27). The zero-order chi connectivity index (χ0) is 20.6. The number of carbonyl (C=O) groups excluding carboxylic acids is 2. The number of para-hydroxylation sites is 1. The van der Waals surface area contributed by atoms with Gasteiger partial charge in [-0.05, 0) is 61.9 Å². The number of nitrogens with one attached hydrogen (secondary N) is 1. The number of ether oxygens (including phenoxy) is 1. The van der Waals surface area contributed by atoms with Crippen LogP contribution in [-0.4, -0.2) is 32.5 Å². The van der Waals surface area contributed by atoms with E-state index in [9.17, 15) is 9.59 Å². The summed E-state index contributed by atoms with van der Waals surface area (Å²) in [4.78, 5) is 27.0. The average Bonchev–Trinajstić information content (AvgIpc) is 2.79. The summed E-state index contributed by atoms with van der Waals surface area (Å²) in [6.45, 7) is 0.626. The maximum absolute atomic E-state index is 12.8. The van der Waals surface area contributed by atoms with E-state index in [4.69, 9.17) is 4.74 Å². The Hall–Kier alpha value is -2.82. The van der Waals surface area contributed by atoms with Crippen LogP contribution in [0.25, 0.3) is 0 Å². The van der Waals surface area contributed by atoms with E-state index >= 15 is 0 Å². The fourth-order valence-electron chi connectivity index (χ4n) is 3.92. The summed E-state index contributed by atoms with van der Waals surface area (Å²) in [6, 6.07) is 17.6. The van der Waals surface area contributed by atoms with Gasteiger partial charge in [-0.2, -0.15) is 0 Å². The first-order valence-electron chi connectivity index (χ1n) is 10.3. The van der Waals surface area contributed by atoms with Crippen molar-refractivity contribution in [1.29, 1.82) is 0 Å². The lowest BCUT2D eigenvalue weighted by Crippen LogP contribution is -2.38. The lowest BCUT2D eigenvalue weighted by atomic mass is 9.81. The average molecular weight is 395 g/mol. The highest BCUT2D eigenvalue weighted by Crippen LogP contribution is 2.31. The molecule has 1 saturated carbocycles. The van der Waals surface area contributed by atoms with Crippen molar-refractivity contribution < 1.29 is 14.3 Å². The first kappa shape index (κ1) is 20.9. The predicted octanol–water partition coefficient (Wildman–Crippen LogP) is 3.82. The van der Waals surface area contributed by atoms with Gasteiger partial charge >= 0.3 is 0 Å². The summed E-state index contributed by atoms with van der Waals surface area (Å²) >= 11 is 0. The molecule has 1 fully saturated rings. The molecule has 0 bridgehead atoms. The van der Waals surface area contributed by atoms with Gasteiger partial charge in [0.1, 0.15) is 5.75 Å². The Kier molecular flexibility index (Phi) is 7.28. The Morgan fingerprint density at radius 1 is 0.966 bits per heavy atom. The first-order chi connectivity index (χ1) is 14.1. The third kappa shape index (κ3) is 5.59. The van der Waals surface area contributed by atoms with E-state index in [1.165, 1.54) is 5.56 Å². The van der Waals surface area contributed by atoms with Crippen molar-refractivity contribution in [3.63, 3.8) is 0 Å². The zero-order valence-corrected chi connectivity index (χ0v) is 17.3. The van der Waals surface area contributed by atoms with Crippen molar-refractivity contribution >= 4 is 17.5 Å². The van der Waals surface area contributed by atoms with E-state index in [2.05, 4.69) is 5.32 Å². The Morgan fingerprint density at radius 3 is 2.21 bits per heavy atom. The van der Waals surface area contributed by atoms with Gasteiger partial charge in [0.2, 0.25) is 11.8 Å². The minimum absolute atomic E-state index is 0.00329. The number of benzene rings is 2. The number of anilines is 1. The fourth-order valence-corrected chi connectivity index (χ4v) is 3.92. The molecule has 0 radical (unpaired) electrons. The minimum Gasteiger partial charge on any atom is -0.497 e. The van der Waals surface area contributed by atoms with E-state index in [1.54, 1.807) is 12.0 Å². The summed E-state index contributed by atoms with van der Waals surface area (Å²) < 4.78 is 5.16. The molecule has 0 spiro atoms. The molecule has 5 nitrogen and oxygen atoms in total. The maximum atomic E-state index is 12.8. The minimum atomic E-state index is 0.00329. The second-order valence-electron chi connectivity index (χ2n) is 7.67. The zero-order valence-electron chi connectivity index (χ0n) is 17.3. The fraction of sp³-hybridized carbons (Fsp3) is 0.417. The molecule has 1 aliphatic carbocycles. The number of nitrogens with zero attached hydrogens (tertiary/aromatic N) is 1. The number of hydrogen-bond acceptors (Lipinski definition) is 3. The van der Waals surface area contributed by atoms with Gasteiger partial charge in [-0.25, -0.2) is 0 Å². The van der Waals surface area contributed by atoms with Crippen LogP contribution in [0, 0.1) is 11.8 Å². The largest absolute Gasteiger partial charge is 0.497 e. The van der Waals surface area contributed by atoms with Gasteiger partial charge in [-0.1, -0.05) is 30.3 Å². The van der Waals surface area contributed by atoms with Crippen LogP contribution in [0.4, 0.5) is 5.69 Å². The van der Waals surface area contributed by atoms with Crippen LogP contribution in [0.5, 0.6) is 5.75 Å². The van der Waals surface area contributed by atoms with Gasteiger partial charge in [0, 0.05) is 31.1 Å². The smallest absolute Gasteiger partial charge is 0.229 e. The third-order valence-electron chi connectivity index (χ3n) is 5.79. The molecule has 0 heterocycles. The second kappa shape index (κ2) is 10.1. The molecule has 2 aromatic rings. The Morgan fingerprint density at radius 2 is 1.59 bits per heavy atom. The third-order valence-corrected chi connectivity index (χ3v) is 5.79. The summed E-state index contributed by atoms with van der Waals surface area (Å²) in [7, 11) is 3.48. The number of amides is 2. The van der Waals surface area contributed by atoms with E-state index < -0.39 is 0 Å².